The van der Waals surface area contributed by atoms with E-state index in [1.165, 1.54) is 25.7 Å². The number of nitrogens with one attached hydrogen (secondary N) is 2. The first-order valence-corrected chi connectivity index (χ1v) is 14.6. The second-order valence-electron chi connectivity index (χ2n) is 11.0. The van der Waals surface area contributed by atoms with Gasteiger partial charge in [0.1, 0.15) is 23.9 Å². The Morgan fingerprint density at radius 1 is 1.02 bits per heavy atom. The maximum Gasteiger partial charge on any atom is 0.127 e. The number of benzene rings is 3. The molecular weight excluding hydrogens is 512 g/mol. The molecule has 2 fully saturated rings. The van der Waals surface area contributed by atoms with Crippen LogP contribution in [0.1, 0.15) is 61.1 Å². The summed E-state index contributed by atoms with van der Waals surface area (Å²) < 4.78 is 11.4. The van der Waals surface area contributed by atoms with Crippen molar-refractivity contribution in [2.45, 2.75) is 50.5 Å². The van der Waals surface area contributed by atoms with E-state index in [4.69, 9.17) is 20.6 Å². The van der Waals surface area contributed by atoms with E-state index in [0.717, 1.165) is 66.1 Å². The van der Waals surface area contributed by atoms with Crippen LogP contribution in [-0.2, 0) is 4.79 Å². The molecule has 0 spiro atoms. The lowest BCUT2D eigenvalue weighted by Gasteiger charge is -2.29. The van der Waals surface area contributed by atoms with Crippen molar-refractivity contribution < 1.29 is 14.3 Å². The SMILES string of the molecule is CNc1ccc(N)c(C(=N)c2ccc(OC3CCN(C)CC3)cc2)c1.COc1ccccc1C(C=O)C1CCCC1. The van der Waals surface area contributed by atoms with E-state index in [0.29, 0.717) is 17.3 Å². The minimum Gasteiger partial charge on any atom is -0.496 e. The van der Waals surface area contributed by atoms with E-state index in [-0.39, 0.29) is 12.0 Å². The van der Waals surface area contributed by atoms with Gasteiger partial charge in [0.15, 0.2) is 0 Å². The molecule has 3 aromatic rings. The second kappa shape index (κ2) is 14.7. The summed E-state index contributed by atoms with van der Waals surface area (Å²) in [7, 11) is 5.66. The van der Waals surface area contributed by atoms with Gasteiger partial charge in [-0.2, -0.15) is 0 Å². The highest BCUT2D eigenvalue weighted by Crippen LogP contribution is 2.39. The summed E-state index contributed by atoms with van der Waals surface area (Å²) in [5.41, 5.74) is 10.6. The maximum atomic E-state index is 11.3. The van der Waals surface area contributed by atoms with E-state index in [9.17, 15) is 4.79 Å². The first-order chi connectivity index (χ1) is 19.9. The van der Waals surface area contributed by atoms with Gasteiger partial charge in [-0.05, 0) is 87.2 Å². The number of methoxy groups -OCH3 is 1. The zero-order valence-corrected chi connectivity index (χ0v) is 24.6. The average molecular weight is 557 g/mol. The number of hydrogen-bond donors (Lipinski definition) is 3. The Bertz CT molecular complexity index is 1280. The van der Waals surface area contributed by atoms with Gasteiger partial charge in [0.2, 0.25) is 0 Å². The first-order valence-electron chi connectivity index (χ1n) is 14.6. The molecule has 0 radical (unpaired) electrons. The molecule has 1 saturated carbocycles. The number of carbonyl (C=O) groups excluding carboxylic acids is 1. The highest BCUT2D eigenvalue weighted by molar-refractivity contribution is 6.14. The molecule has 2 aliphatic rings. The van der Waals surface area contributed by atoms with Crippen LogP contribution in [-0.4, -0.2) is 57.3 Å². The van der Waals surface area contributed by atoms with E-state index in [1.807, 2.05) is 73.8 Å². The Morgan fingerprint density at radius 3 is 2.34 bits per heavy atom. The normalized spacial score (nSPS) is 16.8. The molecule has 1 heterocycles. The summed E-state index contributed by atoms with van der Waals surface area (Å²) in [6.45, 7) is 2.16. The van der Waals surface area contributed by atoms with Gasteiger partial charge in [-0.25, -0.2) is 0 Å². The number of nitrogens with two attached hydrogens (primary N) is 1. The predicted molar refractivity (Wildman–Crippen MR) is 168 cm³/mol. The number of piperidine rings is 1. The number of hydrogen-bond acceptors (Lipinski definition) is 7. The zero-order chi connectivity index (χ0) is 29.2. The maximum absolute atomic E-state index is 11.3. The molecular formula is C34H44N4O3. The van der Waals surface area contributed by atoms with Gasteiger partial charge in [0.05, 0.1) is 12.8 Å². The smallest absolute Gasteiger partial charge is 0.127 e. The summed E-state index contributed by atoms with van der Waals surface area (Å²) in [5.74, 6) is 2.22. The third kappa shape index (κ3) is 7.88. The van der Waals surface area contributed by atoms with Crippen molar-refractivity contribution in [1.29, 1.82) is 5.41 Å². The molecule has 0 bridgehead atoms. The highest BCUT2D eigenvalue weighted by Gasteiger charge is 2.27. The van der Waals surface area contributed by atoms with Crippen LogP contribution in [0.25, 0.3) is 0 Å². The fraction of sp³-hybridized carbons (Fsp3) is 0.412. The van der Waals surface area contributed by atoms with Crippen molar-refractivity contribution in [3.05, 3.63) is 83.4 Å². The largest absolute Gasteiger partial charge is 0.496 e. The number of para-hydroxylation sites is 1. The van der Waals surface area contributed by atoms with Crippen LogP contribution in [0.5, 0.6) is 11.5 Å². The summed E-state index contributed by atoms with van der Waals surface area (Å²) in [5, 5.41) is 11.6. The van der Waals surface area contributed by atoms with Gasteiger partial charge in [0, 0.05) is 54.1 Å². The molecule has 1 saturated heterocycles. The van der Waals surface area contributed by atoms with Crippen LogP contribution in [0, 0.1) is 11.3 Å². The summed E-state index contributed by atoms with van der Waals surface area (Å²) in [6.07, 6.45) is 8.33. The molecule has 7 nitrogen and oxygen atoms in total. The van der Waals surface area contributed by atoms with Crippen LogP contribution in [0.15, 0.2) is 66.7 Å². The quantitative estimate of drug-likeness (QED) is 0.161. The molecule has 1 unspecified atom stereocenters. The lowest BCUT2D eigenvalue weighted by Crippen LogP contribution is -2.35. The summed E-state index contributed by atoms with van der Waals surface area (Å²) >= 11 is 0. The number of nitrogen functional groups attached to an aromatic ring is 1. The summed E-state index contributed by atoms with van der Waals surface area (Å²) in [6, 6.07) is 21.2. The fourth-order valence-electron chi connectivity index (χ4n) is 5.78. The molecule has 1 aliphatic heterocycles. The topological polar surface area (TPSA) is 101 Å². The zero-order valence-electron chi connectivity index (χ0n) is 24.6. The predicted octanol–water partition coefficient (Wildman–Crippen LogP) is 6.37. The van der Waals surface area contributed by atoms with E-state index < -0.39 is 0 Å². The van der Waals surface area contributed by atoms with Gasteiger partial charge < -0.3 is 30.2 Å². The Labute approximate surface area is 244 Å². The van der Waals surface area contributed by atoms with E-state index in [2.05, 4.69) is 17.3 Å². The van der Waals surface area contributed by atoms with Crippen LogP contribution in [0.2, 0.25) is 0 Å². The Balaban J connectivity index is 0.000000208. The number of carbonyl (C=O) groups is 1. The third-order valence-corrected chi connectivity index (χ3v) is 8.27. The van der Waals surface area contributed by atoms with Crippen LogP contribution in [0.4, 0.5) is 11.4 Å². The molecule has 5 rings (SSSR count). The molecule has 4 N–H and O–H groups in total. The van der Waals surface area contributed by atoms with Gasteiger partial charge in [-0.1, -0.05) is 31.0 Å². The van der Waals surface area contributed by atoms with Crippen molar-refractivity contribution in [2.24, 2.45) is 5.92 Å². The minimum absolute atomic E-state index is 0.0126. The number of ether oxygens (including phenoxy) is 2. The monoisotopic (exact) mass is 556 g/mol. The van der Waals surface area contributed by atoms with Gasteiger partial charge in [-0.15, -0.1) is 0 Å². The lowest BCUT2D eigenvalue weighted by atomic mass is 9.85. The van der Waals surface area contributed by atoms with Crippen molar-refractivity contribution in [3.63, 3.8) is 0 Å². The number of nitrogens with zero attached hydrogens (tertiary/aromatic N) is 1. The van der Waals surface area contributed by atoms with E-state index in [1.54, 1.807) is 7.11 Å². The average Bonchev–Trinajstić information content (AvgIpc) is 3.54. The molecule has 218 valence electrons. The Hall–Kier alpha value is -3.84. The van der Waals surface area contributed by atoms with Crippen molar-refractivity contribution in [3.8, 4) is 11.5 Å². The highest BCUT2D eigenvalue weighted by atomic mass is 16.5. The molecule has 3 aromatic carbocycles. The summed E-state index contributed by atoms with van der Waals surface area (Å²) in [4.78, 5) is 13.6. The van der Waals surface area contributed by atoms with Gasteiger partial charge in [-0.3, -0.25) is 5.41 Å². The van der Waals surface area contributed by atoms with Crippen molar-refractivity contribution in [1.82, 2.24) is 4.90 Å². The van der Waals surface area contributed by atoms with Crippen molar-refractivity contribution in [2.75, 3.05) is 45.3 Å². The molecule has 7 heteroatoms. The first kappa shape index (κ1) is 30.1. The molecule has 1 atom stereocenters. The number of aldehydes is 1. The molecule has 0 aromatic heterocycles. The van der Waals surface area contributed by atoms with Crippen LogP contribution in [0.3, 0.4) is 0 Å². The number of rotatable bonds is 9. The molecule has 1 aliphatic carbocycles. The lowest BCUT2D eigenvalue weighted by molar-refractivity contribution is -0.110. The number of anilines is 2. The molecule has 41 heavy (non-hydrogen) atoms. The fourth-order valence-corrected chi connectivity index (χ4v) is 5.78. The van der Waals surface area contributed by atoms with Gasteiger partial charge >= 0.3 is 0 Å². The van der Waals surface area contributed by atoms with Gasteiger partial charge in [0.25, 0.3) is 0 Å². The minimum atomic E-state index is 0.0126. The van der Waals surface area contributed by atoms with E-state index >= 15 is 0 Å². The number of likely N-dealkylation sites (tertiary alicyclic amines) is 1. The van der Waals surface area contributed by atoms with Crippen molar-refractivity contribution >= 4 is 23.4 Å². The molecule has 0 amide bonds. The third-order valence-electron chi connectivity index (χ3n) is 8.27. The standard InChI is InChI=1S/C20H26N4O.C14H18O2/c1-23-15-5-8-19(21)18(13-15)20(22)14-3-6-16(7-4-14)25-17-9-11-24(2)12-10-17;1-16-14-9-5-4-8-12(14)13(10-15)11-6-2-3-7-11/h3-8,13,17,22-23H,9-12,21H2,1-2H3;4-5,8-11,13H,2-3,6-7H2,1H3. The van der Waals surface area contributed by atoms with Crippen LogP contribution < -0.4 is 20.5 Å². The Morgan fingerprint density at radius 2 is 1.71 bits per heavy atom. The second-order valence-corrected chi connectivity index (χ2v) is 11.0. The van der Waals surface area contributed by atoms with Crippen LogP contribution >= 0.6 is 0 Å². The Kier molecular flexibility index (Phi) is 10.8.